The highest BCUT2D eigenvalue weighted by atomic mass is 35.5. The number of hydrogen-bond donors (Lipinski definition) is 2. The van der Waals surface area contributed by atoms with Gasteiger partial charge >= 0.3 is 5.97 Å². The summed E-state index contributed by atoms with van der Waals surface area (Å²) in [4.78, 5) is 10.1. The molecular weight excluding hydrogens is 190 g/mol. The second-order valence-electron chi connectivity index (χ2n) is 3.20. The molecule has 0 aromatic heterocycles. The van der Waals surface area contributed by atoms with Gasteiger partial charge in [0.15, 0.2) is 0 Å². The number of rotatable bonds is 7. The molecule has 0 aromatic rings. The van der Waals surface area contributed by atoms with Crippen LogP contribution < -0.4 is 5.32 Å². The fourth-order valence-electron chi connectivity index (χ4n) is 0.873. The van der Waals surface area contributed by atoms with Crippen molar-refractivity contribution in [3.8, 4) is 0 Å². The second-order valence-corrected chi connectivity index (χ2v) is 3.20. The van der Waals surface area contributed by atoms with Crippen LogP contribution in [-0.4, -0.2) is 24.2 Å². The van der Waals surface area contributed by atoms with Crippen molar-refractivity contribution in [3.63, 3.8) is 0 Å². The van der Waals surface area contributed by atoms with Gasteiger partial charge in [0.2, 0.25) is 0 Å². The monoisotopic (exact) mass is 209 g/mol. The topological polar surface area (TPSA) is 49.3 Å². The molecule has 0 fully saturated rings. The lowest BCUT2D eigenvalue weighted by Crippen LogP contribution is -2.20. The average molecular weight is 210 g/mol. The third kappa shape index (κ3) is 11.7. The molecule has 0 rings (SSSR count). The summed E-state index contributed by atoms with van der Waals surface area (Å²) >= 11 is 0. The molecule has 80 valence electrons. The Kier molecular flexibility index (Phi) is 11.5. The van der Waals surface area contributed by atoms with E-state index in [9.17, 15) is 4.79 Å². The molecule has 0 amide bonds. The molecule has 0 aliphatic carbocycles. The molecule has 0 radical (unpaired) electrons. The minimum atomic E-state index is -0.731. The molecule has 0 bridgehead atoms. The molecule has 0 heterocycles. The van der Waals surface area contributed by atoms with Gasteiger partial charge in [0, 0.05) is 6.54 Å². The third-order valence-corrected chi connectivity index (χ3v) is 2.03. The van der Waals surface area contributed by atoms with Gasteiger partial charge in [-0.2, -0.15) is 0 Å². The normalized spacial score (nSPS) is 11.8. The van der Waals surface area contributed by atoms with Gasteiger partial charge in [0.25, 0.3) is 0 Å². The predicted molar refractivity (Wildman–Crippen MR) is 56.4 cm³/mol. The molecule has 0 saturated carbocycles. The largest absolute Gasteiger partial charge is 0.481 e. The standard InChI is InChI=1S/C9H19NO2.ClH/c1-3-8(2)4-6-10-7-5-9(11)12;/h8,10H,3-7H2,1-2H3,(H,11,12);1H. The lowest BCUT2D eigenvalue weighted by atomic mass is 10.1. The van der Waals surface area contributed by atoms with Crippen molar-refractivity contribution in [2.24, 2.45) is 5.92 Å². The van der Waals surface area contributed by atoms with E-state index in [0.29, 0.717) is 6.54 Å². The highest BCUT2D eigenvalue weighted by Crippen LogP contribution is 2.03. The zero-order chi connectivity index (χ0) is 9.40. The van der Waals surface area contributed by atoms with Gasteiger partial charge in [-0.05, 0) is 18.9 Å². The van der Waals surface area contributed by atoms with Gasteiger partial charge in [-0.3, -0.25) is 4.79 Å². The summed E-state index contributed by atoms with van der Waals surface area (Å²) in [5.74, 6) is 0.00775. The smallest absolute Gasteiger partial charge is 0.304 e. The molecule has 13 heavy (non-hydrogen) atoms. The van der Waals surface area contributed by atoms with Crippen molar-refractivity contribution >= 4 is 18.4 Å². The molecule has 1 unspecified atom stereocenters. The number of carbonyl (C=O) groups is 1. The van der Waals surface area contributed by atoms with Crippen LogP contribution in [-0.2, 0) is 4.79 Å². The minimum Gasteiger partial charge on any atom is -0.481 e. The molecule has 0 aromatic carbocycles. The van der Waals surface area contributed by atoms with E-state index >= 15 is 0 Å². The van der Waals surface area contributed by atoms with Crippen LogP contribution in [0.15, 0.2) is 0 Å². The fourth-order valence-corrected chi connectivity index (χ4v) is 0.873. The van der Waals surface area contributed by atoms with Crippen LogP contribution in [0.3, 0.4) is 0 Å². The summed E-state index contributed by atoms with van der Waals surface area (Å²) in [6.07, 6.45) is 2.55. The van der Waals surface area contributed by atoms with Crippen LogP contribution >= 0.6 is 12.4 Å². The average Bonchev–Trinajstić information content (AvgIpc) is 2.03. The van der Waals surface area contributed by atoms with Gasteiger partial charge in [-0.1, -0.05) is 20.3 Å². The Hall–Kier alpha value is -0.280. The summed E-state index contributed by atoms with van der Waals surface area (Å²) in [5, 5.41) is 11.4. The van der Waals surface area contributed by atoms with E-state index in [0.717, 1.165) is 18.9 Å². The van der Waals surface area contributed by atoms with Crippen LogP contribution in [0.25, 0.3) is 0 Å². The van der Waals surface area contributed by atoms with Crippen molar-refractivity contribution in [3.05, 3.63) is 0 Å². The fraction of sp³-hybridized carbons (Fsp3) is 0.889. The first-order chi connectivity index (χ1) is 5.66. The van der Waals surface area contributed by atoms with Gasteiger partial charge in [0.1, 0.15) is 0 Å². The first-order valence-corrected chi connectivity index (χ1v) is 4.59. The molecule has 0 spiro atoms. The Bertz CT molecular complexity index is 131. The second kappa shape index (κ2) is 9.81. The van der Waals surface area contributed by atoms with Crippen molar-refractivity contribution in [2.45, 2.75) is 33.1 Å². The summed E-state index contributed by atoms with van der Waals surface area (Å²) in [7, 11) is 0. The Balaban J connectivity index is 0. The van der Waals surface area contributed by atoms with E-state index in [4.69, 9.17) is 5.11 Å². The predicted octanol–water partition coefficient (Wildman–Crippen LogP) is 1.91. The number of hydrogen-bond acceptors (Lipinski definition) is 2. The van der Waals surface area contributed by atoms with Crippen molar-refractivity contribution in [1.29, 1.82) is 0 Å². The summed E-state index contributed by atoms with van der Waals surface area (Å²) < 4.78 is 0. The van der Waals surface area contributed by atoms with Crippen LogP contribution in [0, 0.1) is 5.92 Å². The minimum absolute atomic E-state index is 0. The molecule has 0 aliphatic heterocycles. The number of halogens is 1. The highest BCUT2D eigenvalue weighted by Gasteiger charge is 1.98. The molecule has 0 saturated heterocycles. The number of aliphatic carboxylic acids is 1. The molecular formula is C9H20ClNO2. The van der Waals surface area contributed by atoms with E-state index in [1.54, 1.807) is 0 Å². The van der Waals surface area contributed by atoms with Crippen molar-refractivity contribution in [1.82, 2.24) is 5.32 Å². The summed E-state index contributed by atoms with van der Waals surface area (Å²) in [6.45, 7) is 5.90. The quantitative estimate of drug-likeness (QED) is 0.630. The SMILES string of the molecule is CCC(C)CCNCCC(=O)O.Cl. The van der Waals surface area contributed by atoms with E-state index in [1.807, 2.05) is 0 Å². The van der Waals surface area contributed by atoms with Crippen molar-refractivity contribution in [2.75, 3.05) is 13.1 Å². The Labute approximate surface area is 86.3 Å². The first-order valence-electron chi connectivity index (χ1n) is 4.59. The number of carboxylic acids is 1. The molecule has 4 heteroatoms. The maximum absolute atomic E-state index is 10.1. The number of nitrogens with one attached hydrogen (secondary N) is 1. The van der Waals surface area contributed by atoms with Crippen LogP contribution in [0.5, 0.6) is 0 Å². The maximum Gasteiger partial charge on any atom is 0.304 e. The van der Waals surface area contributed by atoms with E-state index < -0.39 is 5.97 Å². The van der Waals surface area contributed by atoms with Gasteiger partial charge < -0.3 is 10.4 Å². The van der Waals surface area contributed by atoms with Crippen LogP contribution in [0.1, 0.15) is 33.1 Å². The summed E-state index contributed by atoms with van der Waals surface area (Å²) in [6, 6.07) is 0. The van der Waals surface area contributed by atoms with E-state index in [1.165, 1.54) is 6.42 Å². The molecule has 0 aliphatic rings. The van der Waals surface area contributed by atoms with Crippen LogP contribution in [0.4, 0.5) is 0 Å². The Morgan fingerprint density at radius 3 is 2.54 bits per heavy atom. The van der Waals surface area contributed by atoms with Crippen LogP contribution in [0.2, 0.25) is 0 Å². The lowest BCUT2D eigenvalue weighted by molar-refractivity contribution is -0.136. The zero-order valence-electron chi connectivity index (χ0n) is 8.38. The Morgan fingerprint density at radius 2 is 2.08 bits per heavy atom. The molecule has 3 nitrogen and oxygen atoms in total. The van der Waals surface area contributed by atoms with E-state index in [2.05, 4.69) is 19.2 Å². The summed E-state index contributed by atoms with van der Waals surface area (Å²) in [5.41, 5.74) is 0. The van der Waals surface area contributed by atoms with Gasteiger partial charge in [0.05, 0.1) is 6.42 Å². The maximum atomic E-state index is 10.1. The molecule has 1 atom stereocenters. The third-order valence-electron chi connectivity index (χ3n) is 2.03. The molecule has 2 N–H and O–H groups in total. The van der Waals surface area contributed by atoms with Gasteiger partial charge in [-0.15, -0.1) is 12.4 Å². The Morgan fingerprint density at radius 1 is 1.46 bits per heavy atom. The lowest BCUT2D eigenvalue weighted by Gasteiger charge is -2.07. The van der Waals surface area contributed by atoms with Crippen molar-refractivity contribution < 1.29 is 9.90 Å². The van der Waals surface area contributed by atoms with Gasteiger partial charge in [-0.25, -0.2) is 0 Å². The highest BCUT2D eigenvalue weighted by molar-refractivity contribution is 5.85. The first kappa shape index (κ1) is 15.2. The zero-order valence-corrected chi connectivity index (χ0v) is 9.19. The van der Waals surface area contributed by atoms with E-state index in [-0.39, 0.29) is 18.8 Å². The number of carboxylic acid groups (broad SMARTS) is 1.